The van der Waals surface area contributed by atoms with Gasteiger partial charge in [-0.25, -0.2) is 0 Å². The summed E-state index contributed by atoms with van der Waals surface area (Å²) in [6, 6.07) is 0.853. The molecule has 0 unspecified atom stereocenters. The van der Waals surface area contributed by atoms with Crippen molar-refractivity contribution in [1.82, 2.24) is 10.2 Å². The fourth-order valence-corrected chi connectivity index (χ4v) is 1.48. The SMILES string of the molecule is C=C(C)CN(C)CCCNC1CC1. The molecule has 0 aromatic heterocycles. The van der Waals surface area contributed by atoms with Crippen molar-refractivity contribution in [1.29, 1.82) is 0 Å². The highest BCUT2D eigenvalue weighted by molar-refractivity contribution is 4.91. The third kappa shape index (κ3) is 5.83. The molecule has 0 aliphatic heterocycles. The minimum absolute atomic E-state index is 0.853. The molecule has 0 saturated heterocycles. The molecule has 0 aromatic carbocycles. The van der Waals surface area contributed by atoms with Crippen molar-refractivity contribution in [3.05, 3.63) is 12.2 Å². The fourth-order valence-electron chi connectivity index (χ4n) is 1.48. The van der Waals surface area contributed by atoms with Gasteiger partial charge in [0.2, 0.25) is 0 Å². The summed E-state index contributed by atoms with van der Waals surface area (Å²) in [5.74, 6) is 0. The lowest BCUT2D eigenvalue weighted by atomic mass is 10.3. The van der Waals surface area contributed by atoms with Crippen LogP contribution in [0.25, 0.3) is 0 Å². The number of rotatable bonds is 7. The fraction of sp³-hybridized carbons (Fsp3) is 0.818. The van der Waals surface area contributed by atoms with Gasteiger partial charge in [0.15, 0.2) is 0 Å². The summed E-state index contributed by atoms with van der Waals surface area (Å²) in [5.41, 5.74) is 1.25. The van der Waals surface area contributed by atoms with E-state index in [1.807, 2.05) is 0 Å². The number of nitrogens with zero attached hydrogens (tertiary/aromatic N) is 1. The van der Waals surface area contributed by atoms with Crippen LogP contribution >= 0.6 is 0 Å². The normalized spacial score (nSPS) is 16.5. The molecule has 1 saturated carbocycles. The Morgan fingerprint density at radius 1 is 1.54 bits per heavy atom. The van der Waals surface area contributed by atoms with E-state index in [0.29, 0.717) is 0 Å². The Morgan fingerprint density at radius 3 is 2.77 bits per heavy atom. The van der Waals surface area contributed by atoms with Crippen LogP contribution in [0.15, 0.2) is 12.2 Å². The van der Waals surface area contributed by atoms with Crippen LogP contribution in [0.3, 0.4) is 0 Å². The van der Waals surface area contributed by atoms with Crippen molar-refractivity contribution in [2.75, 3.05) is 26.7 Å². The Hall–Kier alpha value is -0.340. The predicted octanol–water partition coefficient (Wildman–Crippen LogP) is 1.64. The molecule has 0 radical (unpaired) electrons. The van der Waals surface area contributed by atoms with Crippen molar-refractivity contribution >= 4 is 0 Å². The topological polar surface area (TPSA) is 15.3 Å². The summed E-state index contributed by atoms with van der Waals surface area (Å²) in [7, 11) is 2.16. The number of hydrogen-bond donors (Lipinski definition) is 1. The molecule has 1 aliphatic carbocycles. The molecule has 1 N–H and O–H groups in total. The molecule has 2 nitrogen and oxygen atoms in total. The van der Waals surface area contributed by atoms with Gasteiger partial charge < -0.3 is 10.2 Å². The second kappa shape index (κ2) is 5.40. The maximum absolute atomic E-state index is 3.90. The summed E-state index contributed by atoms with van der Waals surface area (Å²) in [4.78, 5) is 2.33. The van der Waals surface area contributed by atoms with Crippen LogP contribution < -0.4 is 5.32 Å². The van der Waals surface area contributed by atoms with Gasteiger partial charge in [-0.15, -0.1) is 0 Å². The molecule has 1 aliphatic rings. The summed E-state index contributed by atoms with van der Waals surface area (Å²) in [6.45, 7) is 9.36. The first-order valence-corrected chi connectivity index (χ1v) is 5.25. The largest absolute Gasteiger partial charge is 0.314 e. The maximum atomic E-state index is 3.90. The predicted molar refractivity (Wildman–Crippen MR) is 58.0 cm³/mol. The minimum atomic E-state index is 0.853. The van der Waals surface area contributed by atoms with E-state index >= 15 is 0 Å². The number of likely N-dealkylation sites (N-methyl/N-ethyl adjacent to an activating group) is 1. The van der Waals surface area contributed by atoms with Crippen LogP contribution in [0.4, 0.5) is 0 Å². The van der Waals surface area contributed by atoms with Gasteiger partial charge in [0.25, 0.3) is 0 Å². The molecular formula is C11H22N2. The van der Waals surface area contributed by atoms with E-state index in [0.717, 1.165) is 12.6 Å². The Kier molecular flexibility index (Phi) is 4.46. The van der Waals surface area contributed by atoms with E-state index in [9.17, 15) is 0 Å². The van der Waals surface area contributed by atoms with Crippen molar-refractivity contribution in [3.8, 4) is 0 Å². The average molecular weight is 182 g/mol. The summed E-state index contributed by atoms with van der Waals surface area (Å²) in [6.07, 6.45) is 4.03. The molecule has 0 aromatic rings. The van der Waals surface area contributed by atoms with Crippen LogP contribution in [-0.4, -0.2) is 37.6 Å². The van der Waals surface area contributed by atoms with E-state index in [1.165, 1.54) is 37.9 Å². The van der Waals surface area contributed by atoms with Crippen LogP contribution in [0.1, 0.15) is 26.2 Å². The van der Waals surface area contributed by atoms with E-state index in [4.69, 9.17) is 0 Å². The van der Waals surface area contributed by atoms with Gasteiger partial charge in [0.05, 0.1) is 0 Å². The van der Waals surface area contributed by atoms with Gasteiger partial charge in [-0.3, -0.25) is 0 Å². The van der Waals surface area contributed by atoms with Crippen molar-refractivity contribution < 1.29 is 0 Å². The van der Waals surface area contributed by atoms with E-state index in [-0.39, 0.29) is 0 Å². The zero-order chi connectivity index (χ0) is 9.68. The molecular weight excluding hydrogens is 160 g/mol. The summed E-state index contributed by atoms with van der Waals surface area (Å²) >= 11 is 0. The number of nitrogens with one attached hydrogen (secondary N) is 1. The molecule has 0 bridgehead atoms. The maximum Gasteiger partial charge on any atom is 0.0184 e. The molecule has 2 heteroatoms. The van der Waals surface area contributed by atoms with Gasteiger partial charge in [0, 0.05) is 12.6 Å². The molecule has 76 valence electrons. The van der Waals surface area contributed by atoms with E-state index in [1.54, 1.807) is 0 Å². The third-order valence-corrected chi connectivity index (χ3v) is 2.27. The first-order valence-electron chi connectivity index (χ1n) is 5.25. The molecule has 1 rings (SSSR count). The Labute approximate surface area is 82.0 Å². The van der Waals surface area contributed by atoms with Crippen LogP contribution in [-0.2, 0) is 0 Å². The van der Waals surface area contributed by atoms with Gasteiger partial charge in [0.1, 0.15) is 0 Å². The standard InChI is InChI=1S/C11H22N2/c1-10(2)9-13(3)8-4-7-12-11-5-6-11/h11-12H,1,4-9H2,2-3H3. The lowest BCUT2D eigenvalue weighted by molar-refractivity contribution is 0.353. The van der Waals surface area contributed by atoms with E-state index < -0.39 is 0 Å². The highest BCUT2D eigenvalue weighted by Crippen LogP contribution is 2.18. The first kappa shape index (κ1) is 10.7. The van der Waals surface area contributed by atoms with Gasteiger partial charge >= 0.3 is 0 Å². The summed E-state index contributed by atoms with van der Waals surface area (Å²) < 4.78 is 0. The lowest BCUT2D eigenvalue weighted by Crippen LogP contribution is -2.26. The zero-order valence-electron chi connectivity index (χ0n) is 8.97. The van der Waals surface area contributed by atoms with Gasteiger partial charge in [-0.2, -0.15) is 0 Å². The van der Waals surface area contributed by atoms with Crippen molar-refractivity contribution in [2.45, 2.75) is 32.2 Å². The van der Waals surface area contributed by atoms with Crippen LogP contribution in [0, 0.1) is 0 Å². The zero-order valence-corrected chi connectivity index (χ0v) is 8.97. The molecule has 0 amide bonds. The van der Waals surface area contributed by atoms with Crippen molar-refractivity contribution in [2.24, 2.45) is 0 Å². The molecule has 1 fully saturated rings. The lowest BCUT2D eigenvalue weighted by Gasteiger charge is -2.16. The van der Waals surface area contributed by atoms with Crippen LogP contribution in [0.5, 0.6) is 0 Å². The average Bonchev–Trinajstić information content (AvgIpc) is 2.80. The number of hydrogen-bond acceptors (Lipinski definition) is 2. The highest BCUT2D eigenvalue weighted by Gasteiger charge is 2.19. The Morgan fingerprint density at radius 2 is 2.23 bits per heavy atom. The smallest absolute Gasteiger partial charge is 0.0184 e. The molecule has 0 spiro atoms. The van der Waals surface area contributed by atoms with Gasteiger partial charge in [-0.1, -0.05) is 12.2 Å². The van der Waals surface area contributed by atoms with E-state index in [2.05, 4.69) is 30.8 Å². The monoisotopic (exact) mass is 182 g/mol. The van der Waals surface area contributed by atoms with Crippen LogP contribution in [0.2, 0.25) is 0 Å². The summed E-state index contributed by atoms with van der Waals surface area (Å²) in [5, 5.41) is 3.52. The Bertz CT molecular complexity index is 161. The quantitative estimate of drug-likeness (QED) is 0.475. The third-order valence-electron chi connectivity index (χ3n) is 2.27. The second-order valence-electron chi connectivity index (χ2n) is 4.28. The Balaban J connectivity index is 1.88. The van der Waals surface area contributed by atoms with Gasteiger partial charge in [-0.05, 0) is 46.3 Å². The van der Waals surface area contributed by atoms with Crippen molar-refractivity contribution in [3.63, 3.8) is 0 Å². The molecule has 0 heterocycles. The second-order valence-corrected chi connectivity index (χ2v) is 4.28. The molecule has 13 heavy (non-hydrogen) atoms. The molecule has 0 atom stereocenters. The first-order chi connectivity index (χ1) is 6.18. The minimum Gasteiger partial charge on any atom is -0.314 e. The highest BCUT2D eigenvalue weighted by atomic mass is 15.1.